The molecular formula is C25H26N2O6. The lowest BCUT2D eigenvalue weighted by Crippen LogP contribution is -2.49. The molecule has 8 nitrogen and oxygen atoms in total. The van der Waals surface area contributed by atoms with Gasteiger partial charge in [-0.2, -0.15) is 0 Å². The highest BCUT2D eigenvalue weighted by atomic mass is 16.6. The van der Waals surface area contributed by atoms with Crippen LogP contribution in [0.1, 0.15) is 36.3 Å². The maximum Gasteiger partial charge on any atom is 0.407 e. The smallest absolute Gasteiger partial charge is 0.407 e. The van der Waals surface area contributed by atoms with Gasteiger partial charge in [0.15, 0.2) is 6.10 Å². The molecule has 2 aromatic rings. The van der Waals surface area contributed by atoms with Gasteiger partial charge in [-0.3, -0.25) is 9.59 Å². The number of hydrogen-bond acceptors (Lipinski definition) is 5. The summed E-state index contributed by atoms with van der Waals surface area (Å²) in [5.41, 5.74) is 3.70. The highest BCUT2D eigenvalue weighted by Gasteiger charge is 2.51. The monoisotopic (exact) mass is 450 g/mol. The quantitative estimate of drug-likeness (QED) is 0.598. The van der Waals surface area contributed by atoms with Crippen molar-refractivity contribution in [3.05, 3.63) is 59.7 Å². The Kier molecular flexibility index (Phi) is 5.54. The number of carbonyl (C=O) groups excluding carboxylic acids is 2. The third kappa shape index (κ3) is 4.06. The van der Waals surface area contributed by atoms with Crippen LogP contribution in [-0.2, 0) is 19.1 Å². The number of alkyl carbamates (subject to hydrolysis) is 1. The Morgan fingerprint density at radius 3 is 2.27 bits per heavy atom. The molecule has 2 fully saturated rings. The Bertz CT molecular complexity index is 1050. The fraction of sp³-hybridized carbons (Fsp3) is 0.400. The predicted molar refractivity (Wildman–Crippen MR) is 119 cm³/mol. The van der Waals surface area contributed by atoms with Crippen LogP contribution in [0, 0.1) is 5.41 Å². The number of carbonyl (C=O) groups is 3. The summed E-state index contributed by atoms with van der Waals surface area (Å²) in [6.07, 6.45) is 0.113. The van der Waals surface area contributed by atoms with Crippen LogP contribution in [0.4, 0.5) is 4.79 Å². The van der Waals surface area contributed by atoms with E-state index >= 15 is 0 Å². The molecule has 1 heterocycles. The van der Waals surface area contributed by atoms with Crippen LogP contribution < -0.4 is 10.6 Å². The van der Waals surface area contributed by atoms with Crippen molar-refractivity contribution in [3.8, 4) is 11.1 Å². The zero-order chi connectivity index (χ0) is 23.0. The second kappa shape index (κ2) is 8.51. The number of aliphatic carboxylic acids is 1. The average molecular weight is 450 g/mol. The van der Waals surface area contributed by atoms with Gasteiger partial charge >= 0.3 is 12.1 Å². The Morgan fingerprint density at radius 1 is 1.03 bits per heavy atom. The molecule has 1 aliphatic heterocycles. The summed E-state index contributed by atoms with van der Waals surface area (Å²) < 4.78 is 11.1. The number of carboxylic acids is 1. The number of benzene rings is 2. The predicted octanol–water partition coefficient (Wildman–Crippen LogP) is 2.66. The molecule has 3 N–H and O–H groups in total. The van der Waals surface area contributed by atoms with Gasteiger partial charge in [0.2, 0.25) is 0 Å². The second-order valence-electron chi connectivity index (χ2n) is 8.96. The van der Waals surface area contributed by atoms with Crippen molar-refractivity contribution in [3.63, 3.8) is 0 Å². The van der Waals surface area contributed by atoms with Crippen LogP contribution in [0.3, 0.4) is 0 Å². The van der Waals surface area contributed by atoms with Crippen LogP contribution in [0.15, 0.2) is 48.5 Å². The molecule has 0 spiro atoms. The maximum atomic E-state index is 12.6. The van der Waals surface area contributed by atoms with Crippen molar-refractivity contribution in [1.29, 1.82) is 0 Å². The van der Waals surface area contributed by atoms with E-state index in [-0.39, 0.29) is 19.1 Å². The van der Waals surface area contributed by atoms with Gasteiger partial charge in [0.25, 0.3) is 5.91 Å². The molecule has 0 aromatic heterocycles. The average Bonchev–Trinajstić information content (AvgIpc) is 3.38. The van der Waals surface area contributed by atoms with Crippen LogP contribution in [0.5, 0.6) is 0 Å². The number of carboxylic acid groups (broad SMARTS) is 1. The van der Waals surface area contributed by atoms with E-state index < -0.39 is 35.5 Å². The third-order valence-electron chi connectivity index (χ3n) is 6.91. The molecular weight excluding hydrogens is 424 g/mol. The number of fused-ring (bicyclic) bond motifs is 3. The van der Waals surface area contributed by atoms with E-state index in [4.69, 9.17) is 9.47 Å². The first-order chi connectivity index (χ1) is 16.0. The van der Waals surface area contributed by atoms with Crippen molar-refractivity contribution in [2.45, 2.75) is 37.3 Å². The zero-order valence-electron chi connectivity index (χ0n) is 18.1. The van der Waals surface area contributed by atoms with Gasteiger partial charge in [0.1, 0.15) is 6.61 Å². The molecule has 2 amide bonds. The van der Waals surface area contributed by atoms with Gasteiger partial charge in [-0.1, -0.05) is 48.5 Å². The van der Waals surface area contributed by atoms with Gasteiger partial charge < -0.3 is 25.2 Å². The number of nitrogens with one attached hydrogen (secondary N) is 2. The zero-order valence-corrected chi connectivity index (χ0v) is 18.1. The summed E-state index contributed by atoms with van der Waals surface area (Å²) in [6.45, 7) is 0.584. The van der Waals surface area contributed by atoms with E-state index in [1.807, 2.05) is 24.3 Å². The first kappa shape index (κ1) is 21.5. The lowest BCUT2D eigenvalue weighted by Gasteiger charge is -2.21. The molecule has 3 aliphatic rings. The second-order valence-corrected chi connectivity index (χ2v) is 8.96. The SMILES string of the molecule is O=C(N[C@H]1CCO[C@H]1C(=O)NCC1(C(=O)O)CC1)OCC1c2ccccc2-c2ccccc21. The molecule has 1 saturated carbocycles. The normalized spacial score (nSPS) is 22.2. The maximum absolute atomic E-state index is 12.6. The Labute approximate surface area is 191 Å². The van der Waals surface area contributed by atoms with Crippen LogP contribution in [-0.4, -0.2) is 55.0 Å². The largest absolute Gasteiger partial charge is 0.481 e. The third-order valence-corrected chi connectivity index (χ3v) is 6.91. The molecule has 33 heavy (non-hydrogen) atoms. The van der Waals surface area contributed by atoms with E-state index in [9.17, 15) is 19.5 Å². The molecule has 0 unspecified atom stereocenters. The fourth-order valence-electron chi connectivity index (χ4n) is 4.76. The number of ether oxygens (including phenoxy) is 2. The summed E-state index contributed by atoms with van der Waals surface area (Å²) >= 11 is 0. The highest BCUT2D eigenvalue weighted by molar-refractivity contribution is 5.85. The molecule has 2 aromatic carbocycles. The minimum atomic E-state index is -0.900. The number of hydrogen-bond donors (Lipinski definition) is 3. The number of rotatable bonds is 7. The van der Waals surface area contributed by atoms with E-state index in [1.165, 1.54) is 0 Å². The van der Waals surface area contributed by atoms with Crippen LogP contribution >= 0.6 is 0 Å². The first-order valence-electron chi connectivity index (χ1n) is 11.2. The summed E-state index contributed by atoms with van der Waals surface area (Å²) in [7, 11) is 0. The van der Waals surface area contributed by atoms with Crippen molar-refractivity contribution < 1.29 is 29.0 Å². The van der Waals surface area contributed by atoms with Crippen molar-refractivity contribution >= 4 is 18.0 Å². The Morgan fingerprint density at radius 2 is 1.67 bits per heavy atom. The molecule has 2 aliphatic carbocycles. The highest BCUT2D eigenvalue weighted by Crippen LogP contribution is 2.45. The van der Waals surface area contributed by atoms with Crippen LogP contribution in [0.2, 0.25) is 0 Å². The summed E-state index contributed by atoms with van der Waals surface area (Å²) in [5.74, 6) is -1.36. The van der Waals surface area contributed by atoms with Gasteiger partial charge in [-0.05, 0) is 41.5 Å². The summed E-state index contributed by atoms with van der Waals surface area (Å²) in [4.78, 5) is 36.4. The lowest BCUT2D eigenvalue weighted by atomic mass is 9.98. The standard InChI is InChI=1S/C25H26N2O6/c28-22(26-14-25(10-11-25)23(29)30)21-20(9-12-32-21)27-24(31)33-13-19-17-7-3-1-5-15(17)16-6-2-4-8-18(16)19/h1-8,19-21H,9-14H2,(H,26,28)(H,27,31)(H,29,30)/t20-,21+/m0/s1. The minimum absolute atomic E-state index is 0.0483. The minimum Gasteiger partial charge on any atom is -0.481 e. The van der Waals surface area contributed by atoms with E-state index in [1.54, 1.807) is 0 Å². The molecule has 8 heteroatoms. The molecule has 0 radical (unpaired) electrons. The van der Waals surface area contributed by atoms with Gasteiger partial charge in [0, 0.05) is 19.1 Å². The van der Waals surface area contributed by atoms with Crippen molar-refractivity contribution in [2.24, 2.45) is 5.41 Å². The van der Waals surface area contributed by atoms with E-state index in [0.717, 1.165) is 22.3 Å². The first-order valence-corrected chi connectivity index (χ1v) is 11.2. The number of amides is 2. The summed E-state index contributed by atoms with van der Waals surface area (Å²) in [5, 5.41) is 14.7. The fourth-order valence-corrected chi connectivity index (χ4v) is 4.76. The molecule has 172 valence electrons. The van der Waals surface area contributed by atoms with Crippen molar-refractivity contribution in [1.82, 2.24) is 10.6 Å². The lowest BCUT2D eigenvalue weighted by molar-refractivity contribution is -0.143. The molecule has 2 atom stereocenters. The van der Waals surface area contributed by atoms with Crippen LogP contribution in [0.25, 0.3) is 11.1 Å². The van der Waals surface area contributed by atoms with Gasteiger partial charge in [0.05, 0.1) is 11.5 Å². The Hall–Kier alpha value is -3.39. The Balaban J connectivity index is 1.17. The topological polar surface area (TPSA) is 114 Å². The molecule has 0 bridgehead atoms. The van der Waals surface area contributed by atoms with Crippen molar-refractivity contribution in [2.75, 3.05) is 19.8 Å². The summed E-state index contributed by atoms with van der Waals surface area (Å²) in [6, 6.07) is 15.7. The van der Waals surface area contributed by atoms with Gasteiger partial charge in [-0.15, -0.1) is 0 Å². The van der Waals surface area contributed by atoms with E-state index in [0.29, 0.717) is 25.9 Å². The molecule has 1 saturated heterocycles. The van der Waals surface area contributed by atoms with E-state index in [2.05, 4.69) is 34.9 Å². The molecule has 5 rings (SSSR count). The van der Waals surface area contributed by atoms with Gasteiger partial charge in [-0.25, -0.2) is 4.79 Å².